The molecule has 2 rings (SSSR count). The topological polar surface area (TPSA) is 58.6 Å². The molecule has 4 nitrogen and oxygen atoms in total. The third-order valence-electron chi connectivity index (χ3n) is 2.62. The second-order valence-corrected chi connectivity index (χ2v) is 5.99. The largest absolute Gasteiger partial charge is 0.507 e. The number of carbonyl (C=O) groups is 1. The van der Waals surface area contributed by atoms with Crippen LogP contribution in [0.25, 0.3) is 0 Å². The summed E-state index contributed by atoms with van der Waals surface area (Å²) in [6.45, 7) is 0. The van der Waals surface area contributed by atoms with Crippen molar-refractivity contribution in [3.8, 4) is 11.5 Å². The molecule has 0 atom stereocenters. The number of phenols is 1. The van der Waals surface area contributed by atoms with Crippen LogP contribution in [0.2, 0.25) is 0 Å². The van der Waals surface area contributed by atoms with Gasteiger partial charge in [0.15, 0.2) is 0 Å². The zero-order valence-corrected chi connectivity index (χ0v) is 14.2. The van der Waals surface area contributed by atoms with Gasteiger partial charge in [-0.3, -0.25) is 4.79 Å². The molecule has 0 fully saturated rings. The van der Waals surface area contributed by atoms with Gasteiger partial charge in [-0.15, -0.1) is 0 Å². The minimum atomic E-state index is -0.291. The van der Waals surface area contributed by atoms with E-state index in [0.717, 1.165) is 4.47 Å². The summed E-state index contributed by atoms with van der Waals surface area (Å²) in [4.78, 5) is 12.1. The average molecular weight is 448 g/mol. The van der Waals surface area contributed by atoms with Gasteiger partial charge in [-0.1, -0.05) is 0 Å². The van der Waals surface area contributed by atoms with Crippen molar-refractivity contribution in [2.45, 2.75) is 0 Å². The quantitative estimate of drug-likeness (QED) is 0.698. The van der Waals surface area contributed by atoms with E-state index in [9.17, 15) is 9.90 Å². The van der Waals surface area contributed by atoms with Crippen LogP contribution in [0.15, 0.2) is 40.9 Å². The van der Waals surface area contributed by atoms with Crippen molar-refractivity contribution < 1.29 is 14.6 Å². The van der Waals surface area contributed by atoms with Crippen LogP contribution in [0.3, 0.4) is 0 Å². The summed E-state index contributed by atoms with van der Waals surface area (Å²) < 4.78 is 6.68. The van der Waals surface area contributed by atoms with Gasteiger partial charge < -0.3 is 15.2 Å². The van der Waals surface area contributed by atoms with E-state index in [-0.39, 0.29) is 11.7 Å². The molecule has 2 N–H and O–H groups in total. The Kier molecular flexibility index (Phi) is 4.87. The molecule has 0 aliphatic rings. The fourth-order valence-electron chi connectivity index (χ4n) is 1.59. The average Bonchev–Trinajstić information content (AvgIpc) is 2.43. The van der Waals surface area contributed by atoms with Crippen molar-refractivity contribution in [2.24, 2.45) is 0 Å². The smallest absolute Gasteiger partial charge is 0.255 e. The third-order valence-corrected chi connectivity index (χ3v) is 4.18. The van der Waals surface area contributed by atoms with Crippen LogP contribution < -0.4 is 10.1 Å². The maximum Gasteiger partial charge on any atom is 0.255 e. The highest BCUT2D eigenvalue weighted by atomic mass is 127. The van der Waals surface area contributed by atoms with Crippen LogP contribution >= 0.6 is 38.5 Å². The number of amides is 1. The maximum atomic E-state index is 12.1. The fourth-order valence-corrected chi connectivity index (χ4v) is 2.34. The van der Waals surface area contributed by atoms with Crippen molar-refractivity contribution in [3.05, 3.63) is 50.0 Å². The van der Waals surface area contributed by atoms with Crippen molar-refractivity contribution in [3.63, 3.8) is 0 Å². The minimum Gasteiger partial charge on any atom is -0.507 e. The van der Waals surface area contributed by atoms with Gasteiger partial charge in [-0.05, 0) is 68.9 Å². The Balaban J connectivity index is 2.21. The number of carbonyl (C=O) groups excluding carboxylic acids is 1. The van der Waals surface area contributed by atoms with Crippen LogP contribution in [0.4, 0.5) is 5.69 Å². The minimum absolute atomic E-state index is 0.0895. The first-order valence-corrected chi connectivity index (χ1v) is 7.52. The van der Waals surface area contributed by atoms with Gasteiger partial charge in [0.2, 0.25) is 0 Å². The Morgan fingerprint density at radius 2 is 2.05 bits per heavy atom. The molecule has 0 aromatic heterocycles. The molecule has 0 unspecified atom stereocenters. The first-order chi connectivity index (χ1) is 9.51. The second-order valence-electron chi connectivity index (χ2n) is 3.97. The summed E-state index contributed by atoms with van der Waals surface area (Å²) in [6.07, 6.45) is 0. The van der Waals surface area contributed by atoms with Crippen molar-refractivity contribution in [2.75, 3.05) is 12.4 Å². The van der Waals surface area contributed by atoms with Gasteiger partial charge in [0.05, 0.1) is 15.2 Å². The lowest BCUT2D eigenvalue weighted by atomic mass is 10.2. The summed E-state index contributed by atoms with van der Waals surface area (Å²) in [7, 11) is 1.56. The van der Waals surface area contributed by atoms with E-state index in [0.29, 0.717) is 20.6 Å². The van der Waals surface area contributed by atoms with E-state index in [2.05, 4.69) is 21.2 Å². The van der Waals surface area contributed by atoms with Crippen molar-refractivity contribution >= 4 is 50.1 Å². The molecular formula is C14H11BrINO3. The summed E-state index contributed by atoms with van der Waals surface area (Å²) in [5, 5.41) is 12.4. The predicted octanol–water partition coefficient (Wildman–Crippen LogP) is 4.02. The molecule has 1 amide bonds. The van der Waals surface area contributed by atoms with Crippen LogP contribution in [0.1, 0.15) is 10.4 Å². The van der Waals surface area contributed by atoms with Crippen LogP contribution in [-0.4, -0.2) is 18.1 Å². The Morgan fingerprint density at radius 1 is 1.30 bits per heavy atom. The van der Waals surface area contributed by atoms with Crippen LogP contribution in [0, 0.1) is 3.57 Å². The van der Waals surface area contributed by atoms with Crippen molar-refractivity contribution in [1.82, 2.24) is 0 Å². The highest BCUT2D eigenvalue weighted by molar-refractivity contribution is 14.1. The molecule has 104 valence electrons. The number of hydrogen-bond acceptors (Lipinski definition) is 3. The first kappa shape index (κ1) is 15.1. The highest BCUT2D eigenvalue weighted by Gasteiger charge is 2.10. The number of benzene rings is 2. The molecule has 0 saturated heterocycles. The number of halogens is 2. The molecule has 6 heteroatoms. The molecule has 2 aromatic carbocycles. The second kappa shape index (κ2) is 6.45. The normalized spacial score (nSPS) is 10.2. The molecule has 0 heterocycles. The van der Waals surface area contributed by atoms with E-state index < -0.39 is 0 Å². The molecule has 0 radical (unpaired) electrons. The maximum absolute atomic E-state index is 12.1. The summed E-state index contributed by atoms with van der Waals surface area (Å²) in [5.74, 6) is 0.431. The van der Waals surface area contributed by atoms with E-state index in [4.69, 9.17) is 4.74 Å². The Morgan fingerprint density at radius 3 is 2.70 bits per heavy atom. The van der Waals surface area contributed by atoms with E-state index in [1.165, 1.54) is 6.07 Å². The Hall–Kier alpha value is -1.28. The number of nitrogens with one attached hydrogen (secondary N) is 1. The van der Waals surface area contributed by atoms with Gasteiger partial charge in [0, 0.05) is 17.3 Å². The number of aromatic hydroxyl groups is 1. The van der Waals surface area contributed by atoms with Gasteiger partial charge in [-0.25, -0.2) is 0 Å². The standard InChI is InChI=1S/C14H11BrINO3/c1-20-13-7-9(3-4-10(13)15)17-14(19)8-2-5-11(16)12(18)6-8/h2-7,18H,1H3,(H,17,19). The first-order valence-electron chi connectivity index (χ1n) is 5.64. The lowest BCUT2D eigenvalue weighted by Crippen LogP contribution is -2.11. The molecule has 0 spiro atoms. The zero-order chi connectivity index (χ0) is 14.7. The molecule has 20 heavy (non-hydrogen) atoms. The Bertz CT molecular complexity index is 661. The van der Waals surface area contributed by atoms with E-state index >= 15 is 0 Å². The predicted molar refractivity (Wildman–Crippen MR) is 89.5 cm³/mol. The number of anilines is 1. The SMILES string of the molecule is COc1cc(NC(=O)c2ccc(I)c(O)c2)ccc1Br. The molecule has 0 aliphatic carbocycles. The number of phenolic OH excluding ortho intramolecular Hbond substituents is 1. The van der Waals surface area contributed by atoms with Gasteiger partial charge in [0.25, 0.3) is 5.91 Å². The summed E-state index contributed by atoms with van der Waals surface area (Å²) in [6, 6.07) is 10.1. The number of ether oxygens (including phenoxy) is 1. The number of rotatable bonds is 3. The molecule has 0 bridgehead atoms. The number of hydrogen-bond donors (Lipinski definition) is 2. The monoisotopic (exact) mass is 447 g/mol. The summed E-state index contributed by atoms with van der Waals surface area (Å²) in [5.41, 5.74) is 1.01. The fraction of sp³-hybridized carbons (Fsp3) is 0.0714. The molecule has 0 aliphatic heterocycles. The van der Waals surface area contributed by atoms with Gasteiger partial charge in [0.1, 0.15) is 11.5 Å². The van der Waals surface area contributed by atoms with Crippen LogP contribution in [-0.2, 0) is 0 Å². The third kappa shape index (κ3) is 3.43. The zero-order valence-electron chi connectivity index (χ0n) is 10.5. The molecular weight excluding hydrogens is 437 g/mol. The number of methoxy groups -OCH3 is 1. The Labute approximate surface area is 138 Å². The lowest BCUT2D eigenvalue weighted by molar-refractivity contribution is 0.102. The van der Waals surface area contributed by atoms with Crippen LogP contribution in [0.5, 0.6) is 11.5 Å². The van der Waals surface area contributed by atoms with E-state index in [1.807, 2.05) is 22.6 Å². The molecule has 2 aromatic rings. The van der Waals surface area contributed by atoms with Gasteiger partial charge in [-0.2, -0.15) is 0 Å². The van der Waals surface area contributed by atoms with Crippen molar-refractivity contribution in [1.29, 1.82) is 0 Å². The lowest BCUT2D eigenvalue weighted by Gasteiger charge is -2.09. The van der Waals surface area contributed by atoms with E-state index in [1.54, 1.807) is 37.4 Å². The highest BCUT2D eigenvalue weighted by Crippen LogP contribution is 2.28. The summed E-state index contributed by atoms with van der Waals surface area (Å²) >= 11 is 5.35. The van der Waals surface area contributed by atoms with Gasteiger partial charge >= 0.3 is 0 Å². The molecule has 0 saturated carbocycles.